The molecule has 0 unspecified atom stereocenters. The highest BCUT2D eigenvalue weighted by molar-refractivity contribution is 14.1. The minimum atomic E-state index is -0.0120. The van der Waals surface area contributed by atoms with Gasteiger partial charge in [0.05, 0.1) is 11.1 Å². The van der Waals surface area contributed by atoms with Gasteiger partial charge in [0.1, 0.15) is 0 Å². The van der Waals surface area contributed by atoms with Crippen LogP contribution in [0.1, 0.15) is 23.2 Å². The smallest absolute Gasteiger partial charge is 0.252 e. The first-order valence-corrected chi connectivity index (χ1v) is 7.53. The first kappa shape index (κ1) is 13.3. The average Bonchev–Trinajstić information content (AvgIpc) is 2.43. The molecule has 0 saturated heterocycles. The monoisotopic (exact) mass is 354 g/mol. The second kappa shape index (κ2) is 6.68. The van der Waals surface area contributed by atoms with Crippen molar-refractivity contribution in [3.63, 3.8) is 0 Å². The van der Waals surface area contributed by atoms with Crippen LogP contribution in [-0.2, 0) is 0 Å². The number of fused-ring (bicyclic) bond motifs is 1. The molecule has 1 N–H and O–H groups in total. The second-order valence-corrected chi connectivity index (χ2v) is 5.11. The maximum absolute atomic E-state index is 12.1. The molecule has 18 heavy (non-hydrogen) atoms. The van der Waals surface area contributed by atoms with E-state index in [4.69, 9.17) is 0 Å². The van der Waals surface area contributed by atoms with Crippen molar-refractivity contribution in [2.45, 2.75) is 12.8 Å². The molecule has 1 aromatic heterocycles. The van der Waals surface area contributed by atoms with Gasteiger partial charge in [-0.25, -0.2) is 0 Å². The number of pyridine rings is 1. The summed E-state index contributed by atoms with van der Waals surface area (Å²) in [5, 5.41) is 3.86. The second-order valence-electron chi connectivity index (χ2n) is 4.03. The lowest BCUT2D eigenvalue weighted by molar-refractivity contribution is 0.0955. The molecule has 0 aliphatic heterocycles. The van der Waals surface area contributed by atoms with E-state index in [0.29, 0.717) is 5.56 Å². The topological polar surface area (TPSA) is 42.0 Å². The molecular formula is C14H15IN2O. The van der Waals surface area contributed by atoms with E-state index in [1.807, 2.05) is 24.3 Å². The van der Waals surface area contributed by atoms with E-state index in [9.17, 15) is 4.79 Å². The van der Waals surface area contributed by atoms with Crippen LogP contribution in [-0.4, -0.2) is 21.9 Å². The lowest BCUT2D eigenvalue weighted by Crippen LogP contribution is -2.24. The summed E-state index contributed by atoms with van der Waals surface area (Å²) in [6.45, 7) is 0.735. The van der Waals surface area contributed by atoms with Crippen LogP contribution in [0.25, 0.3) is 10.9 Å². The third-order valence-corrected chi connectivity index (χ3v) is 3.50. The average molecular weight is 354 g/mol. The van der Waals surface area contributed by atoms with Crippen molar-refractivity contribution in [3.05, 3.63) is 42.1 Å². The van der Waals surface area contributed by atoms with Gasteiger partial charge in [0.25, 0.3) is 5.91 Å². The summed E-state index contributed by atoms with van der Waals surface area (Å²) in [7, 11) is 0. The third-order valence-electron chi connectivity index (χ3n) is 2.74. The van der Waals surface area contributed by atoms with Crippen molar-refractivity contribution in [2.24, 2.45) is 0 Å². The molecule has 0 aliphatic rings. The summed E-state index contributed by atoms with van der Waals surface area (Å²) >= 11 is 2.35. The molecule has 0 radical (unpaired) electrons. The summed E-state index contributed by atoms with van der Waals surface area (Å²) < 4.78 is 1.13. The Morgan fingerprint density at radius 1 is 1.22 bits per heavy atom. The molecule has 1 amide bonds. The predicted molar refractivity (Wildman–Crippen MR) is 82.2 cm³/mol. The highest BCUT2D eigenvalue weighted by Crippen LogP contribution is 2.15. The van der Waals surface area contributed by atoms with Gasteiger partial charge in [-0.1, -0.05) is 40.8 Å². The number of benzene rings is 1. The van der Waals surface area contributed by atoms with Crippen LogP contribution in [0.3, 0.4) is 0 Å². The number of nitrogens with one attached hydrogen (secondary N) is 1. The maximum Gasteiger partial charge on any atom is 0.252 e. The van der Waals surface area contributed by atoms with Gasteiger partial charge >= 0.3 is 0 Å². The van der Waals surface area contributed by atoms with Crippen LogP contribution in [0.15, 0.2) is 36.5 Å². The molecule has 0 aliphatic carbocycles. The van der Waals surface area contributed by atoms with Gasteiger partial charge in [-0.2, -0.15) is 0 Å². The van der Waals surface area contributed by atoms with Crippen molar-refractivity contribution in [3.8, 4) is 0 Å². The van der Waals surface area contributed by atoms with E-state index in [2.05, 4.69) is 32.9 Å². The quantitative estimate of drug-likeness (QED) is 0.509. The third kappa shape index (κ3) is 3.19. The van der Waals surface area contributed by atoms with E-state index in [1.54, 1.807) is 12.3 Å². The Bertz CT molecular complexity index is 537. The van der Waals surface area contributed by atoms with Gasteiger partial charge < -0.3 is 5.32 Å². The number of aromatic nitrogens is 1. The fourth-order valence-corrected chi connectivity index (χ4v) is 2.35. The van der Waals surface area contributed by atoms with Gasteiger partial charge in [0, 0.05) is 18.1 Å². The first-order valence-electron chi connectivity index (χ1n) is 6.01. The summed E-state index contributed by atoms with van der Waals surface area (Å²) in [5.74, 6) is -0.0120. The molecule has 94 valence electrons. The lowest BCUT2D eigenvalue weighted by atomic mass is 10.1. The highest BCUT2D eigenvalue weighted by Gasteiger charge is 2.09. The van der Waals surface area contributed by atoms with Crippen LogP contribution in [0.2, 0.25) is 0 Å². The molecule has 0 spiro atoms. The Morgan fingerprint density at radius 3 is 2.89 bits per heavy atom. The van der Waals surface area contributed by atoms with Gasteiger partial charge in [0.15, 0.2) is 0 Å². The zero-order valence-corrected chi connectivity index (χ0v) is 12.2. The molecule has 1 heterocycles. The molecule has 0 atom stereocenters. The number of carbonyl (C=O) groups excluding carboxylic acids is 1. The predicted octanol–water partition coefficient (Wildman–Crippen LogP) is 3.18. The van der Waals surface area contributed by atoms with Crippen LogP contribution < -0.4 is 5.32 Å². The van der Waals surface area contributed by atoms with Gasteiger partial charge in [-0.05, 0) is 29.4 Å². The molecule has 3 nitrogen and oxygen atoms in total. The first-order chi connectivity index (χ1) is 8.83. The Labute approximate surface area is 120 Å². The number of nitrogens with zero attached hydrogens (tertiary/aromatic N) is 1. The van der Waals surface area contributed by atoms with Gasteiger partial charge in [0.2, 0.25) is 0 Å². The Morgan fingerprint density at radius 2 is 2.06 bits per heavy atom. The van der Waals surface area contributed by atoms with Crippen molar-refractivity contribution in [1.82, 2.24) is 10.3 Å². The molecule has 0 bridgehead atoms. The number of para-hydroxylation sites is 1. The number of halogens is 1. The fraction of sp³-hybridized carbons (Fsp3) is 0.286. The van der Waals surface area contributed by atoms with Crippen LogP contribution in [0, 0.1) is 0 Å². The molecular weight excluding hydrogens is 339 g/mol. The van der Waals surface area contributed by atoms with E-state index in [1.165, 1.54) is 0 Å². The molecule has 0 fully saturated rings. The zero-order chi connectivity index (χ0) is 12.8. The van der Waals surface area contributed by atoms with Crippen LogP contribution in [0.5, 0.6) is 0 Å². The largest absolute Gasteiger partial charge is 0.352 e. The SMILES string of the molecule is O=C(NCCCCI)c1ccnc2ccccc12. The zero-order valence-electron chi connectivity index (χ0n) is 10.0. The number of rotatable bonds is 5. The molecule has 2 aromatic rings. The van der Waals surface area contributed by atoms with Crippen molar-refractivity contribution < 1.29 is 4.79 Å². The summed E-state index contributed by atoms with van der Waals surface area (Å²) in [4.78, 5) is 16.3. The Hall–Kier alpha value is -1.17. The van der Waals surface area contributed by atoms with Gasteiger partial charge in [-0.3, -0.25) is 9.78 Å². The molecule has 2 rings (SSSR count). The van der Waals surface area contributed by atoms with E-state index in [-0.39, 0.29) is 5.91 Å². The van der Waals surface area contributed by atoms with Crippen molar-refractivity contribution in [2.75, 3.05) is 11.0 Å². The number of unbranched alkanes of at least 4 members (excludes halogenated alkanes) is 1. The number of amides is 1. The fourth-order valence-electron chi connectivity index (χ4n) is 1.81. The number of carbonyl (C=O) groups is 1. The van der Waals surface area contributed by atoms with Crippen LogP contribution in [0.4, 0.5) is 0 Å². The summed E-state index contributed by atoms with van der Waals surface area (Å²) in [6, 6.07) is 9.48. The van der Waals surface area contributed by atoms with E-state index < -0.39 is 0 Å². The van der Waals surface area contributed by atoms with Crippen molar-refractivity contribution >= 4 is 39.4 Å². The summed E-state index contributed by atoms with van der Waals surface area (Å²) in [5.41, 5.74) is 1.56. The number of alkyl halides is 1. The minimum absolute atomic E-state index is 0.0120. The van der Waals surface area contributed by atoms with Gasteiger partial charge in [-0.15, -0.1) is 0 Å². The van der Waals surface area contributed by atoms with E-state index >= 15 is 0 Å². The van der Waals surface area contributed by atoms with E-state index in [0.717, 1.165) is 34.7 Å². The molecule has 0 saturated carbocycles. The lowest BCUT2D eigenvalue weighted by Gasteiger charge is -2.07. The summed E-state index contributed by atoms with van der Waals surface area (Å²) in [6.07, 6.45) is 3.84. The standard InChI is InChI=1S/C14H15IN2O/c15-8-3-4-9-17-14(18)12-7-10-16-13-6-2-1-5-11(12)13/h1-2,5-7,10H,3-4,8-9H2,(H,17,18). The maximum atomic E-state index is 12.1. The Kier molecular flexibility index (Phi) is 4.92. The molecule has 1 aromatic carbocycles. The number of hydrogen-bond donors (Lipinski definition) is 1. The Balaban J connectivity index is 2.13. The number of hydrogen-bond acceptors (Lipinski definition) is 2. The normalized spacial score (nSPS) is 10.5. The minimum Gasteiger partial charge on any atom is -0.352 e. The van der Waals surface area contributed by atoms with Crippen molar-refractivity contribution in [1.29, 1.82) is 0 Å². The molecule has 4 heteroatoms. The highest BCUT2D eigenvalue weighted by atomic mass is 127. The van der Waals surface area contributed by atoms with Crippen LogP contribution >= 0.6 is 22.6 Å².